The maximum absolute atomic E-state index is 11.8. The molecular weight excluding hydrogens is 218 g/mol. The Kier molecular flexibility index (Phi) is 3.40. The quantitative estimate of drug-likeness (QED) is 0.784. The first-order valence-corrected chi connectivity index (χ1v) is 6.57. The van der Waals surface area contributed by atoms with Gasteiger partial charge in [-0.2, -0.15) is 0 Å². The van der Waals surface area contributed by atoms with Crippen LogP contribution in [0, 0.1) is 23.7 Å². The predicted octanol–water partition coefficient (Wildman–Crippen LogP) is 1.65. The van der Waals surface area contributed by atoms with Gasteiger partial charge in [0.15, 0.2) is 0 Å². The largest absolute Gasteiger partial charge is 0.481 e. The van der Waals surface area contributed by atoms with Gasteiger partial charge in [-0.25, -0.2) is 0 Å². The van der Waals surface area contributed by atoms with E-state index in [4.69, 9.17) is 5.11 Å². The van der Waals surface area contributed by atoms with Crippen molar-refractivity contribution in [3.05, 3.63) is 0 Å². The molecule has 2 rings (SSSR count). The van der Waals surface area contributed by atoms with Crippen LogP contribution < -0.4 is 5.32 Å². The number of rotatable bonds is 4. The number of carboxylic acids is 1. The van der Waals surface area contributed by atoms with Crippen LogP contribution in [0.3, 0.4) is 0 Å². The molecule has 3 unspecified atom stereocenters. The van der Waals surface area contributed by atoms with Crippen molar-refractivity contribution in [3.63, 3.8) is 0 Å². The van der Waals surface area contributed by atoms with E-state index in [1.165, 1.54) is 6.42 Å². The van der Waals surface area contributed by atoms with Crippen molar-refractivity contribution in [2.45, 2.75) is 45.6 Å². The van der Waals surface area contributed by atoms with E-state index in [1.54, 1.807) is 0 Å². The second kappa shape index (κ2) is 4.67. The standard InChI is InChI=1S/C13H21NO3/c1-3-8-4-5-11(7(8)2)14-12(15)9-6-10(9)13(16)17/h7-11H,3-6H2,1-2H3,(H,14,15)(H,16,17)/t7?,8?,9-,10+,11?/m1/s1. The molecule has 0 radical (unpaired) electrons. The van der Waals surface area contributed by atoms with Crippen LogP contribution in [0.1, 0.15) is 39.5 Å². The molecule has 17 heavy (non-hydrogen) atoms. The van der Waals surface area contributed by atoms with Crippen LogP contribution in [-0.4, -0.2) is 23.0 Å². The maximum Gasteiger partial charge on any atom is 0.307 e. The summed E-state index contributed by atoms with van der Waals surface area (Å²) >= 11 is 0. The third-order valence-corrected chi connectivity index (χ3v) is 4.52. The molecule has 0 bridgehead atoms. The average molecular weight is 239 g/mol. The lowest BCUT2D eigenvalue weighted by molar-refractivity contribution is -0.140. The molecule has 2 N–H and O–H groups in total. The highest BCUT2D eigenvalue weighted by atomic mass is 16.4. The normalized spacial score (nSPS) is 40.0. The van der Waals surface area contributed by atoms with E-state index in [1.807, 2.05) is 0 Å². The molecule has 4 nitrogen and oxygen atoms in total. The molecule has 5 atom stereocenters. The monoisotopic (exact) mass is 239 g/mol. The van der Waals surface area contributed by atoms with Gasteiger partial charge in [-0.1, -0.05) is 20.3 Å². The number of carbonyl (C=O) groups excluding carboxylic acids is 1. The van der Waals surface area contributed by atoms with Crippen molar-refractivity contribution in [3.8, 4) is 0 Å². The Morgan fingerprint density at radius 3 is 2.47 bits per heavy atom. The van der Waals surface area contributed by atoms with Gasteiger partial charge in [-0.05, 0) is 31.1 Å². The van der Waals surface area contributed by atoms with Crippen LogP contribution in [0.25, 0.3) is 0 Å². The second-order valence-electron chi connectivity index (χ2n) is 5.51. The van der Waals surface area contributed by atoms with E-state index >= 15 is 0 Å². The van der Waals surface area contributed by atoms with E-state index in [-0.39, 0.29) is 17.9 Å². The van der Waals surface area contributed by atoms with Gasteiger partial charge < -0.3 is 10.4 Å². The zero-order valence-corrected chi connectivity index (χ0v) is 10.5. The minimum absolute atomic E-state index is 0.0500. The van der Waals surface area contributed by atoms with Gasteiger partial charge >= 0.3 is 5.97 Å². The van der Waals surface area contributed by atoms with Gasteiger partial charge in [0.25, 0.3) is 0 Å². The Morgan fingerprint density at radius 2 is 2.00 bits per heavy atom. The van der Waals surface area contributed by atoms with Crippen molar-refractivity contribution < 1.29 is 14.7 Å². The number of amides is 1. The molecule has 1 amide bonds. The van der Waals surface area contributed by atoms with Crippen LogP contribution in [0.4, 0.5) is 0 Å². The summed E-state index contributed by atoms with van der Waals surface area (Å²) in [6.07, 6.45) is 3.89. The summed E-state index contributed by atoms with van der Waals surface area (Å²) in [6.45, 7) is 4.38. The number of hydrogen-bond acceptors (Lipinski definition) is 2. The number of aliphatic carboxylic acids is 1. The molecule has 4 heteroatoms. The summed E-state index contributed by atoms with van der Waals surface area (Å²) in [6, 6.07) is 0.252. The van der Waals surface area contributed by atoms with Crippen molar-refractivity contribution in [2.24, 2.45) is 23.7 Å². The van der Waals surface area contributed by atoms with Crippen LogP contribution >= 0.6 is 0 Å². The fourth-order valence-electron chi connectivity index (χ4n) is 3.07. The lowest BCUT2D eigenvalue weighted by Gasteiger charge is -2.21. The first-order valence-electron chi connectivity index (χ1n) is 6.57. The maximum atomic E-state index is 11.8. The van der Waals surface area contributed by atoms with Gasteiger partial charge in [0, 0.05) is 6.04 Å². The molecule has 2 saturated carbocycles. The Bertz CT molecular complexity index is 329. The Hall–Kier alpha value is -1.06. The van der Waals surface area contributed by atoms with Gasteiger partial charge in [0.05, 0.1) is 11.8 Å². The molecule has 0 aromatic heterocycles. The van der Waals surface area contributed by atoms with Crippen LogP contribution in [0.5, 0.6) is 0 Å². The molecule has 2 fully saturated rings. The first-order chi connectivity index (χ1) is 8.04. The van der Waals surface area contributed by atoms with Crippen LogP contribution in [0.2, 0.25) is 0 Å². The Labute approximate surface area is 102 Å². The molecule has 0 aromatic rings. The highest BCUT2D eigenvalue weighted by Gasteiger charge is 2.49. The van der Waals surface area contributed by atoms with Crippen molar-refractivity contribution >= 4 is 11.9 Å². The lowest BCUT2D eigenvalue weighted by atomic mass is 9.93. The molecule has 0 aliphatic heterocycles. The number of carbonyl (C=O) groups is 2. The van der Waals surface area contributed by atoms with Gasteiger partial charge in [0.1, 0.15) is 0 Å². The van der Waals surface area contributed by atoms with Crippen LogP contribution in [0.15, 0.2) is 0 Å². The number of hydrogen-bond donors (Lipinski definition) is 2. The fourth-order valence-corrected chi connectivity index (χ4v) is 3.07. The summed E-state index contributed by atoms with van der Waals surface area (Å²) in [5.41, 5.74) is 0. The molecule has 2 aliphatic carbocycles. The summed E-state index contributed by atoms with van der Waals surface area (Å²) < 4.78 is 0. The van der Waals surface area contributed by atoms with Gasteiger partial charge in [0.2, 0.25) is 5.91 Å². The summed E-state index contributed by atoms with van der Waals surface area (Å²) in [5, 5.41) is 11.8. The Balaban J connectivity index is 1.82. The summed E-state index contributed by atoms with van der Waals surface area (Å²) in [7, 11) is 0. The second-order valence-corrected chi connectivity index (χ2v) is 5.51. The van der Waals surface area contributed by atoms with E-state index in [9.17, 15) is 9.59 Å². The third kappa shape index (κ3) is 2.45. The lowest BCUT2D eigenvalue weighted by Crippen LogP contribution is -2.38. The zero-order chi connectivity index (χ0) is 12.6. The van der Waals surface area contributed by atoms with E-state index in [0.717, 1.165) is 12.8 Å². The predicted molar refractivity (Wildman–Crippen MR) is 63.3 cm³/mol. The molecule has 0 saturated heterocycles. The van der Waals surface area contributed by atoms with E-state index in [2.05, 4.69) is 19.2 Å². The number of carboxylic acid groups (broad SMARTS) is 1. The molecule has 0 aromatic carbocycles. The topological polar surface area (TPSA) is 66.4 Å². The van der Waals surface area contributed by atoms with Crippen LogP contribution in [-0.2, 0) is 9.59 Å². The van der Waals surface area contributed by atoms with E-state index in [0.29, 0.717) is 18.3 Å². The zero-order valence-electron chi connectivity index (χ0n) is 10.5. The fraction of sp³-hybridized carbons (Fsp3) is 0.846. The molecule has 96 valence electrons. The minimum Gasteiger partial charge on any atom is -0.481 e. The smallest absolute Gasteiger partial charge is 0.307 e. The van der Waals surface area contributed by atoms with Gasteiger partial charge in [-0.3, -0.25) is 9.59 Å². The summed E-state index contributed by atoms with van der Waals surface area (Å²) in [4.78, 5) is 22.5. The highest BCUT2D eigenvalue weighted by Crippen LogP contribution is 2.40. The van der Waals surface area contributed by atoms with E-state index < -0.39 is 11.9 Å². The number of nitrogens with one attached hydrogen (secondary N) is 1. The Morgan fingerprint density at radius 1 is 1.29 bits per heavy atom. The molecule has 2 aliphatic rings. The van der Waals surface area contributed by atoms with Crippen molar-refractivity contribution in [1.82, 2.24) is 5.32 Å². The minimum atomic E-state index is -0.837. The SMILES string of the molecule is CCC1CCC(NC(=O)[C@@H]2C[C@@H]2C(=O)O)C1C. The third-order valence-electron chi connectivity index (χ3n) is 4.52. The highest BCUT2D eigenvalue weighted by molar-refractivity contribution is 5.89. The summed E-state index contributed by atoms with van der Waals surface area (Å²) in [5.74, 6) is -0.378. The van der Waals surface area contributed by atoms with Gasteiger partial charge in [-0.15, -0.1) is 0 Å². The molecule has 0 heterocycles. The van der Waals surface area contributed by atoms with Crippen molar-refractivity contribution in [2.75, 3.05) is 0 Å². The van der Waals surface area contributed by atoms with Crippen molar-refractivity contribution in [1.29, 1.82) is 0 Å². The average Bonchev–Trinajstić information content (AvgIpc) is 3.01. The first kappa shape index (κ1) is 12.4. The molecule has 0 spiro atoms. The molecular formula is C13H21NO3.